The number of carbonyl (C=O) groups is 2. The molecule has 1 aromatic rings. The molecule has 1 aromatic carbocycles. The van der Waals surface area contributed by atoms with Crippen LogP contribution in [0.4, 0.5) is 0 Å². The average molecular weight is 263 g/mol. The summed E-state index contributed by atoms with van der Waals surface area (Å²) in [5, 5.41) is 18.7. The van der Waals surface area contributed by atoms with Crippen molar-refractivity contribution >= 4 is 11.9 Å². The van der Waals surface area contributed by atoms with Crippen molar-refractivity contribution in [2.75, 3.05) is 6.54 Å². The number of nitrogens with zero attached hydrogens (tertiary/aromatic N) is 1. The molecular weight excluding hydrogens is 246 g/mol. The lowest BCUT2D eigenvalue weighted by atomic mass is 9.99. The Morgan fingerprint density at radius 3 is 2.53 bits per heavy atom. The van der Waals surface area contributed by atoms with Gasteiger partial charge in [-0.3, -0.25) is 4.79 Å². The van der Waals surface area contributed by atoms with E-state index < -0.39 is 24.0 Å². The molecule has 5 heteroatoms. The van der Waals surface area contributed by atoms with Gasteiger partial charge in [-0.15, -0.1) is 0 Å². The van der Waals surface area contributed by atoms with Gasteiger partial charge in [0, 0.05) is 13.0 Å². The fraction of sp³-hybridized carbons (Fsp3) is 0.429. The molecule has 3 atom stereocenters. The van der Waals surface area contributed by atoms with Crippen LogP contribution in [0.2, 0.25) is 0 Å². The third kappa shape index (κ3) is 2.76. The predicted octanol–water partition coefficient (Wildman–Crippen LogP) is 0.836. The summed E-state index contributed by atoms with van der Waals surface area (Å²) in [6.07, 6.45) is -0.657. The Kier molecular flexibility index (Phi) is 3.85. The zero-order chi connectivity index (χ0) is 14.0. The number of β-amino-alcohol motifs (C(OH)–C–C–N with tert-alkyl or cyclic N) is 1. The molecule has 5 nitrogen and oxygen atoms in total. The van der Waals surface area contributed by atoms with Crippen molar-refractivity contribution in [2.24, 2.45) is 0 Å². The van der Waals surface area contributed by atoms with Gasteiger partial charge in [0.15, 0.2) is 0 Å². The van der Waals surface area contributed by atoms with Gasteiger partial charge in [-0.25, -0.2) is 4.79 Å². The number of aliphatic hydroxyl groups excluding tert-OH is 1. The van der Waals surface area contributed by atoms with Gasteiger partial charge < -0.3 is 15.1 Å². The van der Waals surface area contributed by atoms with Crippen LogP contribution in [0.15, 0.2) is 30.3 Å². The summed E-state index contributed by atoms with van der Waals surface area (Å²) in [5.41, 5.74) is 0.845. The summed E-state index contributed by atoms with van der Waals surface area (Å²) in [6, 6.07) is 8.30. The van der Waals surface area contributed by atoms with E-state index in [1.54, 1.807) is 6.92 Å². The van der Waals surface area contributed by atoms with Crippen molar-refractivity contribution in [1.82, 2.24) is 4.90 Å². The minimum Gasteiger partial charge on any atom is -0.480 e. The summed E-state index contributed by atoms with van der Waals surface area (Å²) in [4.78, 5) is 24.7. The van der Waals surface area contributed by atoms with Gasteiger partial charge in [-0.2, -0.15) is 0 Å². The number of carboxylic acid groups (broad SMARTS) is 1. The second kappa shape index (κ2) is 5.40. The number of rotatable bonds is 3. The van der Waals surface area contributed by atoms with Crippen LogP contribution in [0.5, 0.6) is 0 Å². The van der Waals surface area contributed by atoms with E-state index in [2.05, 4.69) is 0 Å². The number of aliphatic hydroxyl groups is 1. The summed E-state index contributed by atoms with van der Waals surface area (Å²) >= 11 is 0. The van der Waals surface area contributed by atoms with Gasteiger partial charge in [0.1, 0.15) is 6.04 Å². The van der Waals surface area contributed by atoms with Crippen LogP contribution in [0.25, 0.3) is 0 Å². The molecule has 1 fully saturated rings. The summed E-state index contributed by atoms with van der Waals surface area (Å²) in [7, 11) is 0. The highest BCUT2D eigenvalue weighted by Gasteiger charge is 2.40. The fourth-order valence-corrected chi connectivity index (χ4v) is 2.42. The van der Waals surface area contributed by atoms with E-state index in [0.29, 0.717) is 0 Å². The van der Waals surface area contributed by atoms with Crippen molar-refractivity contribution in [3.8, 4) is 0 Å². The van der Waals surface area contributed by atoms with Crippen LogP contribution in [-0.4, -0.2) is 45.7 Å². The maximum Gasteiger partial charge on any atom is 0.326 e. The van der Waals surface area contributed by atoms with Gasteiger partial charge >= 0.3 is 5.97 Å². The number of aliphatic carboxylic acids is 1. The molecule has 102 valence electrons. The fourth-order valence-electron chi connectivity index (χ4n) is 2.42. The number of likely N-dealkylation sites (tertiary alicyclic amines) is 1. The van der Waals surface area contributed by atoms with Crippen molar-refractivity contribution in [3.63, 3.8) is 0 Å². The van der Waals surface area contributed by atoms with Crippen molar-refractivity contribution in [1.29, 1.82) is 0 Å². The zero-order valence-corrected chi connectivity index (χ0v) is 10.7. The first-order valence-corrected chi connectivity index (χ1v) is 6.27. The van der Waals surface area contributed by atoms with Crippen LogP contribution in [0.1, 0.15) is 24.8 Å². The molecule has 1 heterocycles. The van der Waals surface area contributed by atoms with E-state index >= 15 is 0 Å². The second-order valence-corrected chi connectivity index (χ2v) is 4.87. The topological polar surface area (TPSA) is 77.8 Å². The molecule has 0 bridgehead atoms. The number of carbonyl (C=O) groups excluding carboxylic acids is 1. The molecule has 1 saturated heterocycles. The third-order valence-electron chi connectivity index (χ3n) is 3.52. The molecule has 1 amide bonds. The first-order chi connectivity index (χ1) is 9.00. The maximum absolute atomic E-state index is 12.4. The third-order valence-corrected chi connectivity index (χ3v) is 3.52. The Balaban J connectivity index is 2.17. The molecule has 1 aliphatic rings. The van der Waals surface area contributed by atoms with Gasteiger partial charge in [-0.05, 0) is 12.5 Å². The largest absolute Gasteiger partial charge is 0.480 e. The van der Waals surface area contributed by atoms with Crippen LogP contribution < -0.4 is 0 Å². The number of hydrogen-bond acceptors (Lipinski definition) is 3. The maximum atomic E-state index is 12.4. The standard InChI is InChI=1S/C14H17NO4/c1-9(10-5-3-2-4-6-10)13(17)15-8-11(16)7-12(15)14(18)19/h2-6,9,11-12,16H,7-8H2,1H3,(H,18,19)/t9?,11-,12-/m0/s1. The Bertz CT molecular complexity index is 474. The molecule has 0 aromatic heterocycles. The SMILES string of the molecule is CC(C(=O)N1C[C@@H](O)C[C@H]1C(=O)O)c1ccccc1. The van der Waals surface area contributed by atoms with E-state index in [0.717, 1.165) is 5.56 Å². The molecule has 2 N–H and O–H groups in total. The zero-order valence-electron chi connectivity index (χ0n) is 10.7. The van der Waals surface area contributed by atoms with Crippen molar-refractivity contribution in [2.45, 2.75) is 31.4 Å². The van der Waals surface area contributed by atoms with Crippen LogP contribution in [0, 0.1) is 0 Å². The minimum absolute atomic E-state index is 0.0903. The van der Waals surface area contributed by atoms with E-state index in [-0.39, 0.29) is 18.9 Å². The lowest BCUT2D eigenvalue weighted by Crippen LogP contribution is -2.42. The Labute approximate surface area is 111 Å². The van der Waals surface area contributed by atoms with Crippen molar-refractivity contribution < 1.29 is 19.8 Å². The Morgan fingerprint density at radius 1 is 1.32 bits per heavy atom. The Hall–Kier alpha value is -1.88. The predicted molar refractivity (Wildman–Crippen MR) is 68.6 cm³/mol. The number of amides is 1. The molecule has 1 unspecified atom stereocenters. The molecule has 2 rings (SSSR count). The first-order valence-electron chi connectivity index (χ1n) is 6.27. The molecule has 0 spiro atoms. The molecule has 19 heavy (non-hydrogen) atoms. The normalized spacial score (nSPS) is 24.2. The first kappa shape index (κ1) is 13.5. The van der Waals surface area contributed by atoms with Crippen LogP contribution in [-0.2, 0) is 9.59 Å². The van der Waals surface area contributed by atoms with E-state index in [4.69, 9.17) is 5.11 Å². The van der Waals surface area contributed by atoms with Gasteiger partial charge in [-0.1, -0.05) is 30.3 Å². The van der Waals surface area contributed by atoms with Gasteiger partial charge in [0.25, 0.3) is 0 Å². The summed E-state index contributed by atoms with van der Waals surface area (Å²) < 4.78 is 0. The van der Waals surface area contributed by atoms with Crippen molar-refractivity contribution in [3.05, 3.63) is 35.9 Å². The number of benzene rings is 1. The lowest BCUT2D eigenvalue weighted by Gasteiger charge is -2.24. The summed E-state index contributed by atoms with van der Waals surface area (Å²) in [5.74, 6) is -1.73. The second-order valence-electron chi connectivity index (χ2n) is 4.87. The molecular formula is C14H17NO4. The van der Waals surface area contributed by atoms with E-state index in [1.807, 2.05) is 30.3 Å². The lowest BCUT2D eigenvalue weighted by molar-refractivity contribution is -0.148. The molecule has 1 aliphatic heterocycles. The quantitative estimate of drug-likeness (QED) is 0.847. The van der Waals surface area contributed by atoms with E-state index in [9.17, 15) is 14.7 Å². The van der Waals surface area contributed by atoms with E-state index in [1.165, 1.54) is 4.90 Å². The summed E-state index contributed by atoms with van der Waals surface area (Å²) in [6.45, 7) is 1.84. The number of hydrogen-bond donors (Lipinski definition) is 2. The monoisotopic (exact) mass is 263 g/mol. The minimum atomic E-state index is -1.06. The highest BCUT2D eigenvalue weighted by Crippen LogP contribution is 2.25. The van der Waals surface area contributed by atoms with Gasteiger partial charge in [0.05, 0.1) is 12.0 Å². The highest BCUT2D eigenvalue weighted by molar-refractivity contribution is 5.88. The Morgan fingerprint density at radius 2 is 1.95 bits per heavy atom. The van der Waals surface area contributed by atoms with Crippen LogP contribution >= 0.6 is 0 Å². The highest BCUT2D eigenvalue weighted by atomic mass is 16.4. The smallest absolute Gasteiger partial charge is 0.326 e. The van der Waals surface area contributed by atoms with Crippen LogP contribution in [0.3, 0.4) is 0 Å². The molecule has 0 saturated carbocycles. The molecule has 0 radical (unpaired) electrons. The van der Waals surface area contributed by atoms with Gasteiger partial charge in [0.2, 0.25) is 5.91 Å². The number of carboxylic acids is 1. The molecule has 0 aliphatic carbocycles. The average Bonchev–Trinajstić information content (AvgIpc) is 2.80.